The maximum Gasteiger partial charge on any atom is 0.252 e. The summed E-state index contributed by atoms with van der Waals surface area (Å²) in [4.78, 5) is 5.03. The molecule has 1 aliphatic carbocycles. The van der Waals surface area contributed by atoms with Crippen LogP contribution in [0.1, 0.15) is 25.0 Å². The molecule has 0 saturated carbocycles. The van der Waals surface area contributed by atoms with Crippen molar-refractivity contribution in [2.24, 2.45) is 0 Å². The average Bonchev–Trinajstić information content (AvgIpc) is 3.73. The second kappa shape index (κ2) is 11.3. The smallest absolute Gasteiger partial charge is 0.252 e. The minimum Gasteiger partial charge on any atom is -0.311 e. The fraction of sp³-hybridized carbons (Fsp3) is 0.0588. The van der Waals surface area contributed by atoms with Gasteiger partial charge in [-0.15, -0.1) is 11.3 Å². The number of hydrogen-bond donors (Lipinski definition) is 0. The van der Waals surface area contributed by atoms with E-state index in [9.17, 15) is 0 Å². The summed E-state index contributed by atoms with van der Waals surface area (Å²) in [6.07, 6.45) is 0. The van der Waals surface area contributed by atoms with Gasteiger partial charge in [0, 0.05) is 49.3 Å². The van der Waals surface area contributed by atoms with E-state index in [0.29, 0.717) is 0 Å². The molecule has 0 N–H and O–H groups in total. The van der Waals surface area contributed by atoms with Crippen molar-refractivity contribution in [1.29, 1.82) is 0 Å². The van der Waals surface area contributed by atoms with Crippen LogP contribution in [0.25, 0.3) is 42.4 Å². The number of benzene rings is 8. The van der Waals surface area contributed by atoms with Crippen molar-refractivity contribution in [2.45, 2.75) is 19.3 Å². The van der Waals surface area contributed by atoms with Gasteiger partial charge in [-0.3, -0.25) is 0 Å². The van der Waals surface area contributed by atoms with Crippen LogP contribution in [0.15, 0.2) is 176 Å². The lowest BCUT2D eigenvalue weighted by atomic mass is 9.33. The molecule has 2 nitrogen and oxygen atoms in total. The zero-order valence-electron chi connectivity index (χ0n) is 30.6. The average molecular weight is 719 g/mol. The Hall–Kier alpha value is -6.36. The molecular weight excluding hydrogens is 683 g/mol. The minimum absolute atomic E-state index is 0.0759. The van der Waals surface area contributed by atoms with E-state index in [0.717, 1.165) is 5.69 Å². The second-order valence-electron chi connectivity index (χ2n) is 15.6. The number of anilines is 6. The Bertz CT molecular complexity index is 3050. The second-order valence-corrected chi connectivity index (χ2v) is 16.7. The summed E-state index contributed by atoms with van der Waals surface area (Å²) in [5, 5.41) is 2.63. The monoisotopic (exact) mass is 718 g/mol. The SMILES string of the molecule is CC1(C)c2ccccc2-c2cccc(-c3ccc(N4c5ccccc5B5c6ccccc6N(c6cccc7c6sc6ccccc67)c6cccc4c65)cc3)c21. The largest absolute Gasteiger partial charge is 0.311 e. The summed E-state index contributed by atoms with van der Waals surface area (Å²) in [5.41, 5.74) is 19.4. The van der Waals surface area contributed by atoms with Crippen molar-refractivity contribution in [3.8, 4) is 22.3 Å². The van der Waals surface area contributed by atoms with Gasteiger partial charge in [-0.05, 0) is 98.3 Å². The predicted octanol–water partition coefficient (Wildman–Crippen LogP) is 12.1. The van der Waals surface area contributed by atoms with Crippen molar-refractivity contribution in [3.05, 3.63) is 187 Å². The molecule has 55 heavy (non-hydrogen) atoms. The van der Waals surface area contributed by atoms with Crippen LogP contribution in [-0.4, -0.2) is 6.71 Å². The molecule has 258 valence electrons. The Morgan fingerprint density at radius 3 is 1.84 bits per heavy atom. The van der Waals surface area contributed by atoms with Crippen LogP contribution in [0.5, 0.6) is 0 Å². The topological polar surface area (TPSA) is 6.48 Å². The van der Waals surface area contributed by atoms with Crippen molar-refractivity contribution < 1.29 is 0 Å². The highest BCUT2D eigenvalue weighted by atomic mass is 32.1. The molecule has 0 bridgehead atoms. The summed E-state index contributed by atoms with van der Waals surface area (Å²) in [6.45, 7) is 4.86. The van der Waals surface area contributed by atoms with Crippen LogP contribution >= 0.6 is 11.3 Å². The quantitative estimate of drug-likeness (QED) is 0.168. The lowest BCUT2D eigenvalue weighted by molar-refractivity contribution is 0.662. The van der Waals surface area contributed by atoms with Gasteiger partial charge in [0.2, 0.25) is 0 Å². The third kappa shape index (κ3) is 4.20. The Kier molecular flexibility index (Phi) is 6.40. The van der Waals surface area contributed by atoms with Gasteiger partial charge in [0.25, 0.3) is 6.71 Å². The van der Waals surface area contributed by atoms with Gasteiger partial charge in [0.15, 0.2) is 0 Å². The van der Waals surface area contributed by atoms with E-state index >= 15 is 0 Å². The zero-order valence-corrected chi connectivity index (χ0v) is 31.4. The summed E-state index contributed by atoms with van der Waals surface area (Å²) in [7, 11) is 0. The highest BCUT2D eigenvalue weighted by Crippen LogP contribution is 2.53. The lowest BCUT2D eigenvalue weighted by Gasteiger charge is -2.44. The van der Waals surface area contributed by atoms with Gasteiger partial charge in [-0.1, -0.05) is 141 Å². The molecule has 1 aromatic heterocycles. The summed E-state index contributed by atoms with van der Waals surface area (Å²) >= 11 is 1.89. The number of nitrogens with zero attached hydrogens (tertiary/aromatic N) is 2. The van der Waals surface area contributed by atoms with Crippen LogP contribution in [0, 0.1) is 0 Å². The molecule has 0 radical (unpaired) electrons. The molecule has 12 rings (SSSR count). The molecule has 3 heterocycles. The van der Waals surface area contributed by atoms with Gasteiger partial charge in [-0.2, -0.15) is 0 Å². The van der Waals surface area contributed by atoms with Crippen molar-refractivity contribution >= 4 is 88.7 Å². The molecule has 0 fully saturated rings. The molecule has 3 aliphatic rings. The fourth-order valence-corrected chi connectivity index (χ4v) is 11.4. The predicted molar refractivity (Wildman–Crippen MR) is 236 cm³/mol. The van der Waals surface area contributed by atoms with E-state index < -0.39 is 0 Å². The molecule has 8 aromatic carbocycles. The van der Waals surface area contributed by atoms with Gasteiger partial charge < -0.3 is 9.80 Å². The standard InChI is InChI=1S/C51H35BN2S/c1-51(2)39-19-5-3-14-35(39)37-17-11-16-34(48(37)51)32-28-30-33(31-29-32)53-42-22-8-6-20-40(42)52-41-21-7-9-23-43(41)54(45-25-13-24-44(53)49(45)52)46-26-12-18-38-36-15-4-10-27-47(36)55-50(38)46/h3-31H,1-2H3. The highest BCUT2D eigenvalue weighted by Gasteiger charge is 2.43. The van der Waals surface area contributed by atoms with Crippen LogP contribution in [0.3, 0.4) is 0 Å². The van der Waals surface area contributed by atoms with Gasteiger partial charge >= 0.3 is 0 Å². The van der Waals surface area contributed by atoms with E-state index in [-0.39, 0.29) is 12.1 Å². The first-order valence-corrected chi connectivity index (χ1v) is 20.0. The molecule has 0 unspecified atom stereocenters. The fourth-order valence-electron chi connectivity index (χ4n) is 10.2. The van der Waals surface area contributed by atoms with E-state index in [1.54, 1.807) is 0 Å². The maximum absolute atomic E-state index is 2.54. The van der Waals surface area contributed by atoms with Gasteiger partial charge in [-0.25, -0.2) is 0 Å². The minimum atomic E-state index is -0.0759. The molecule has 0 saturated heterocycles. The first kappa shape index (κ1) is 31.0. The Labute approximate surface area is 325 Å². The van der Waals surface area contributed by atoms with E-state index in [1.165, 1.54) is 98.4 Å². The van der Waals surface area contributed by atoms with Crippen LogP contribution in [0.2, 0.25) is 0 Å². The molecule has 0 spiro atoms. The van der Waals surface area contributed by atoms with Crippen molar-refractivity contribution in [3.63, 3.8) is 0 Å². The number of para-hydroxylation sites is 2. The molecule has 4 heteroatoms. The van der Waals surface area contributed by atoms with Gasteiger partial charge in [0.1, 0.15) is 0 Å². The van der Waals surface area contributed by atoms with Crippen molar-refractivity contribution in [1.82, 2.24) is 0 Å². The number of rotatable bonds is 3. The first-order valence-electron chi connectivity index (χ1n) is 19.2. The van der Waals surface area contributed by atoms with E-state index in [2.05, 4.69) is 200 Å². The van der Waals surface area contributed by atoms with Crippen LogP contribution < -0.4 is 26.2 Å². The number of hydrogen-bond acceptors (Lipinski definition) is 3. The Morgan fingerprint density at radius 1 is 0.455 bits per heavy atom. The lowest BCUT2D eigenvalue weighted by Crippen LogP contribution is -2.61. The third-order valence-corrected chi connectivity index (χ3v) is 13.7. The van der Waals surface area contributed by atoms with Crippen LogP contribution in [0.4, 0.5) is 34.1 Å². The molecule has 9 aromatic rings. The Balaban J connectivity index is 1.04. The van der Waals surface area contributed by atoms with Crippen LogP contribution in [-0.2, 0) is 5.41 Å². The molecule has 0 amide bonds. The zero-order chi connectivity index (χ0) is 36.4. The summed E-state index contributed by atoms with van der Waals surface area (Å²) in [6, 6.07) is 65.7. The Morgan fingerprint density at radius 2 is 1.02 bits per heavy atom. The number of thiophene rings is 1. The first-order chi connectivity index (χ1) is 27.1. The summed E-state index contributed by atoms with van der Waals surface area (Å²) < 4.78 is 2.64. The molecule has 2 aliphatic heterocycles. The molecule has 0 atom stereocenters. The summed E-state index contributed by atoms with van der Waals surface area (Å²) in [5.74, 6) is 0. The third-order valence-electron chi connectivity index (χ3n) is 12.4. The number of fused-ring (bicyclic) bond motifs is 10. The van der Waals surface area contributed by atoms with Crippen molar-refractivity contribution in [2.75, 3.05) is 9.80 Å². The molecular formula is C51H35BN2S. The van der Waals surface area contributed by atoms with E-state index in [4.69, 9.17) is 0 Å². The normalized spacial score (nSPS) is 14.4. The van der Waals surface area contributed by atoms with Gasteiger partial charge in [0.05, 0.1) is 10.4 Å². The highest BCUT2D eigenvalue weighted by molar-refractivity contribution is 7.26. The maximum atomic E-state index is 2.54. The van der Waals surface area contributed by atoms with E-state index in [1.807, 2.05) is 11.3 Å².